The number of rotatable bonds is 4. The molecule has 2 amide bonds. The monoisotopic (exact) mass is 320 g/mol. The summed E-state index contributed by atoms with van der Waals surface area (Å²) >= 11 is 1.58. The Balaban J connectivity index is 1.88. The van der Waals surface area contributed by atoms with Crippen molar-refractivity contribution >= 4 is 29.3 Å². The molecule has 2 N–H and O–H groups in total. The van der Waals surface area contributed by atoms with Gasteiger partial charge >= 0.3 is 0 Å². The molecule has 1 unspecified atom stereocenters. The maximum absolute atomic E-state index is 11.8. The Bertz CT molecular complexity index is 579. The van der Waals surface area contributed by atoms with Gasteiger partial charge in [-0.15, -0.1) is 11.8 Å². The van der Waals surface area contributed by atoms with Crippen LogP contribution in [0.25, 0.3) is 0 Å². The Morgan fingerprint density at radius 1 is 1.36 bits per heavy atom. The first-order chi connectivity index (χ1) is 10.2. The Kier molecular flexibility index (Phi) is 5.16. The molecule has 1 heterocycles. The van der Waals surface area contributed by atoms with E-state index in [1.54, 1.807) is 11.8 Å². The van der Waals surface area contributed by atoms with Crippen LogP contribution in [0.4, 0.5) is 5.69 Å². The molecule has 2 rings (SSSR count). The first-order valence-electron chi connectivity index (χ1n) is 7.62. The average molecular weight is 320 g/mol. The zero-order chi connectivity index (χ0) is 16.3. The van der Waals surface area contributed by atoms with Gasteiger partial charge in [0.2, 0.25) is 11.8 Å². The molecule has 1 aromatic carbocycles. The van der Waals surface area contributed by atoms with Gasteiger partial charge in [-0.3, -0.25) is 9.59 Å². The summed E-state index contributed by atoms with van der Waals surface area (Å²) in [6.07, 6.45) is 1.29. The number of anilines is 1. The third kappa shape index (κ3) is 4.77. The van der Waals surface area contributed by atoms with Crippen molar-refractivity contribution in [2.24, 2.45) is 5.41 Å². The second-order valence-corrected chi connectivity index (χ2v) is 8.30. The number of benzene rings is 1. The van der Waals surface area contributed by atoms with E-state index >= 15 is 0 Å². The zero-order valence-electron chi connectivity index (χ0n) is 13.7. The number of thioether (sulfide) groups is 1. The van der Waals surface area contributed by atoms with Crippen LogP contribution in [0.2, 0.25) is 0 Å². The van der Waals surface area contributed by atoms with Crippen molar-refractivity contribution in [1.82, 2.24) is 5.32 Å². The molecule has 1 aliphatic rings. The molecule has 0 bridgehead atoms. The van der Waals surface area contributed by atoms with E-state index in [0.717, 1.165) is 22.6 Å². The third-order valence-corrected chi connectivity index (χ3v) is 4.58. The average Bonchev–Trinajstić information content (AvgIpc) is 2.38. The molecule has 0 aliphatic carbocycles. The number of amides is 2. The molecule has 0 aromatic heterocycles. The van der Waals surface area contributed by atoms with Crippen molar-refractivity contribution in [3.8, 4) is 0 Å². The van der Waals surface area contributed by atoms with E-state index < -0.39 is 0 Å². The lowest BCUT2D eigenvalue weighted by Crippen LogP contribution is -2.29. The molecule has 0 saturated carbocycles. The molecule has 0 spiro atoms. The van der Waals surface area contributed by atoms with E-state index in [-0.39, 0.29) is 22.5 Å². The lowest BCUT2D eigenvalue weighted by Gasteiger charge is -2.22. The molecular weight excluding hydrogens is 296 g/mol. The molecule has 0 radical (unpaired) electrons. The highest BCUT2D eigenvalue weighted by Gasteiger charge is 2.22. The molecule has 1 atom stereocenters. The molecule has 1 aromatic rings. The van der Waals surface area contributed by atoms with Crippen LogP contribution in [-0.4, -0.2) is 23.6 Å². The van der Waals surface area contributed by atoms with Crippen molar-refractivity contribution in [1.29, 1.82) is 0 Å². The van der Waals surface area contributed by atoms with Crippen molar-refractivity contribution in [3.63, 3.8) is 0 Å². The van der Waals surface area contributed by atoms with Crippen molar-refractivity contribution in [2.45, 2.75) is 50.7 Å². The minimum atomic E-state index is -0.0463. The molecule has 0 saturated heterocycles. The predicted molar refractivity (Wildman–Crippen MR) is 91.2 cm³/mol. The first-order valence-corrected chi connectivity index (χ1v) is 8.50. The fourth-order valence-corrected chi connectivity index (χ4v) is 3.23. The lowest BCUT2D eigenvalue weighted by atomic mass is 9.92. The fourth-order valence-electron chi connectivity index (χ4n) is 2.30. The van der Waals surface area contributed by atoms with Crippen LogP contribution in [0.15, 0.2) is 23.1 Å². The van der Waals surface area contributed by atoms with Crippen LogP contribution >= 0.6 is 11.8 Å². The Morgan fingerprint density at radius 2 is 2.09 bits per heavy atom. The van der Waals surface area contributed by atoms with Gasteiger partial charge in [0, 0.05) is 17.9 Å². The largest absolute Gasteiger partial charge is 0.356 e. The van der Waals surface area contributed by atoms with Gasteiger partial charge in [0.15, 0.2) is 0 Å². The van der Waals surface area contributed by atoms with Crippen LogP contribution in [-0.2, 0) is 16.0 Å². The van der Waals surface area contributed by atoms with Crippen LogP contribution in [0.1, 0.15) is 39.7 Å². The van der Waals surface area contributed by atoms with Crippen LogP contribution in [0.3, 0.4) is 0 Å². The van der Waals surface area contributed by atoms with Gasteiger partial charge in [-0.2, -0.15) is 0 Å². The lowest BCUT2D eigenvalue weighted by molar-refractivity contribution is -0.122. The number of carbonyl (C=O) groups excluding carboxylic acids is 2. The number of fused-ring (bicyclic) bond motifs is 1. The molecule has 120 valence electrons. The van der Waals surface area contributed by atoms with Crippen molar-refractivity contribution in [2.75, 3.05) is 11.9 Å². The molecule has 1 aliphatic heterocycles. The summed E-state index contributed by atoms with van der Waals surface area (Å²) in [5.74, 6) is 0.135. The van der Waals surface area contributed by atoms with Crippen LogP contribution < -0.4 is 10.6 Å². The van der Waals surface area contributed by atoms with Gasteiger partial charge in [0.05, 0.1) is 10.9 Å². The van der Waals surface area contributed by atoms with E-state index in [1.807, 2.05) is 19.1 Å². The Hall–Kier alpha value is -1.49. The van der Waals surface area contributed by atoms with E-state index in [1.165, 1.54) is 0 Å². The maximum atomic E-state index is 11.8. The fraction of sp³-hybridized carbons (Fsp3) is 0.529. The quantitative estimate of drug-likeness (QED) is 0.895. The highest BCUT2D eigenvalue weighted by Crippen LogP contribution is 2.35. The number of hydrogen-bond donors (Lipinski definition) is 2. The van der Waals surface area contributed by atoms with Gasteiger partial charge in [-0.25, -0.2) is 0 Å². The van der Waals surface area contributed by atoms with E-state index in [2.05, 4.69) is 37.5 Å². The SMILES string of the molecule is CC1Sc2ccc(CCNC(=O)CC(C)(C)C)cc2NC1=O. The number of carbonyl (C=O) groups is 2. The second-order valence-electron chi connectivity index (χ2n) is 6.92. The van der Waals surface area contributed by atoms with E-state index in [9.17, 15) is 9.59 Å². The maximum Gasteiger partial charge on any atom is 0.237 e. The normalized spacial score (nSPS) is 17.6. The minimum Gasteiger partial charge on any atom is -0.356 e. The van der Waals surface area contributed by atoms with Crippen LogP contribution in [0, 0.1) is 5.41 Å². The smallest absolute Gasteiger partial charge is 0.237 e. The van der Waals surface area contributed by atoms with Gasteiger partial charge in [-0.1, -0.05) is 26.8 Å². The van der Waals surface area contributed by atoms with Crippen molar-refractivity contribution in [3.05, 3.63) is 23.8 Å². The van der Waals surface area contributed by atoms with Gasteiger partial charge in [0.25, 0.3) is 0 Å². The highest BCUT2D eigenvalue weighted by atomic mass is 32.2. The molecule has 4 nitrogen and oxygen atoms in total. The summed E-state index contributed by atoms with van der Waals surface area (Å²) in [5, 5.41) is 5.84. The predicted octanol–water partition coefficient (Wildman–Crippen LogP) is 3.21. The topological polar surface area (TPSA) is 58.2 Å². The molecule has 0 fully saturated rings. The van der Waals surface area contributed by atoms with E-state index in [4.69, 9.17) is 0 Å². The summed E-state index contributed by atoms with van der Waals surface area (Å²) in [5.41, 5.74) is 2.01. The van der Waals surface area contributed by atoms with Gasteiger partial charge in [0.1, 0.15) is 0 Å². The second kappa shape index (κ2) is 6.73. The summed E-state index contributed by atoms with van der Waals surface area (Å²) in [7, 11) is 0. The molecule has 22 heavy (non-hydrogen) atoms. The first kappa shape index (κ1) is 16.9. The zero-order valence-corrected chi connectivity index (χ0v) is 14.5. The van der Waals surface area contributed by atoms with Gasteiger partial charge < -0.3 is 10.6 Å². The number of hydrogen-bond acceptors (Lipinski definition) is 3. The number of nitrogens with one attached hydrogen (secondary N) is 2. The molecule has 5 heteroatoms. The molecular formula is C17H24N2O2S. The van der Waals surface area contributed by atoms with E-state index in [0.29, 0.717) is 13.0 Å². The Morgan fingerprint density at radius 3 is 2.77 bits per heavy atom. The highest BCUT2D eigenvalue weighted by molar-refractivity contribution is 8.00. The van der Waals surface area contributed by atoms with Crippen LogP contribution in [0.5, 0.6) is 0 Å². The summed E-state index contributed by atoms with van der Waals surface area (Å²) in [6, 6.07) is 6.11. The summed E-state index contributed by atoms with van der Waals surface area (Å²) < 4.78 is 0. The summed E-state index contributed by atoms with van der Waals surface area (Å²) in [6.45, 7) is 8.68. The van der Waals surface area contributed by atoms with Crippen molar-refractivity contribution < 1.29 is 9.59 Å². The Labute approximate surface area is 136 Å². The minimum absolute atomic E-state index is 0.00804. The third-order valence-electron chi connectivity index (χ3n) is 3.40. The summed E-state index contributed by atoms with van der Waals surface area (Å²) in [4.78, 5) is 24.6. The standard InChI is InChI=1S/C17H24N2O2S/c1-11-16(21)19-13-9-12(5-6-14(13)22-11)7-8-18-15(20)10-17(2,3)4/h5-6,9,11H,7-8,10H2,1-4H3,(H,18,20)(H,19,21). The van der Waals surface area contributed by atoms with Gasteiger partial charge in [-0.05, 0) is 36.5 Å².